The van der Waals surface area contributed by atoms with Crippen molar-refractivity contribution in [3.05, 3.63) is 181 Å². The first kappa shape index (κ1) is 30.3. The van der Waals surface area contributed by atoms with Crippen LogP contribution in [0.1, 0.15) is 0 Å². The van der Waals surface area contributed by atoms with Crippen LogP contribution in [-0.2, 0) is 0 Å². The third-order valence-corrected chi connectivity index (χ3v) is 9.21. The Morgan fingerprint density at radius 1 is 0.373 bits per heavy atom. The molecule has 4 nitrogen and oxygen atoms in total. The van der Waals surface area contributed by atoms with E-state index >= 15 is 8.78 Å². The van der Waals surface area contributed by atoms with E-state index in [0.29, 0.717) is 28.6 Å². The van der Waals surface area contributed by atoms with Crippen molar-refractivity contribution in [2.75, 3.05) is 0 Å². The van der Waals surface area contributed by atoms with Crippen LogP contribution in [0.5, 0.6) is 0 Å². The number of benzene rings is 7. The van der Waals surface area contributed by atoms with E-state index in [1.54, 1.807) is 12.1 Å². The van der Waals surface area contributed by atoms with Gasteiger partial charge < -0.3 is 4.57 Å². The number of nitrogens with zero attached hydrogens (tertiary/aromatic N) is 4. The summed E-state index contributed by atoms with van der Waals surface area (Å²) in [6.45, 7) is 0. The minimum absolute atomic E-state index is 0.111. The second-order valence-corrected chi connectivity index (χ2v) is 12.3. The van der Waals surface area contributed by atoms with E-state index in [4.69, 9.17) is 15.0 Å². The van der Waals surface area contributed by atoms with Crippen molar-refractivity contribution in [1.82, 2.24) is 19.5 Å². The Hall–Kier alpha value is -6.79. The van der Waals surface area contributed by atoms with E-state index in [9.17, 15) is 0 Å². The molecule has 0 amide bonds. The van der Waals surface area contributed by atoms with Gasteiger partial charge >= 0.3 is 0 Å². The van der Waals surface area contributed by atoms with Gasteiger partial charge in [0, 0.05) is 27.5 Å². The first-order chi connectivity index (χ1) is 25.1. The van der Waals surface area contributed by atoms with Gasteiger partial charge in [0.2, 0.25) is 0 Å². The van der Waals surface area contributed by atoms with Gasteiger partial charge in [0.1, 0.15) is 11.6 Å². The summed E-state index contributed by atoms with van der Waals surface area (Å²) in [7, 11) is 0. The zero-order valence-corrected chi connectivity index (χ0v) is 27.2. The average Bonchev–Trinajstić information content (AvgIpc) is 3.52. The molecular formula is C45H28F2N4. The summed E-state index contributed by atoms with van der Waals surface area (Å²) in [5.74, 6) is 0.0579. The lowest BCUT2D eigenvalue weighted by Gasteiger charge is -2.17. The van der Waals surface area contributed by atoms with Crippen molar-refractivity contribution in [3.8, 4) is 62.1 Å². The molecule has 9 rings (SSSR count). The zero-order chi connectivity index (χ0) is 34.3. The molecule has 51 heavy (non-hydrogen) atoms. The van der Waals surface area contributed by atoms with E-state index in [1.165, 1.54) is 18.2 Å². The fraction of sp³-hybridized carbons (Fsp3) is 0. The molecule has 6 heteroatoms. The number of rotatable bonds is 6. The molecule has 9 aromatic rings. The van der Waals surface area contributed by atoms with Gasteiger partial charge in [0.15, 0.2) is 17.5 Å². The lowest BCUT2D eigenvalue weighted by molar-refractivity contribution is 0.589. The first-order valence-corrected chi connectivity index (χ1v) is 16.7. The van der Waals surface area contributed by atoms with Crippen molar-refractivity contribution in [2.24, 2.45) is 0 Å². The van der Waals surface area contributed by atoms with Crippen molar-refractivity contribution >= 4 is 21.8 Å². The summed E-state index contributed by atoms with van der Waals surface area (Å²) in [6.07, 6.45) is 0. The van der Waals surface area contributed by atoms with Crippen molar-refractivity contribution in [1.29, 1.82) is 0 Å². The number of halogens is 2. The van der Waals surface area contributed by atoms with Crippen LogP contribution in [0.4, 0.5) is 8.78 Å². The van der Waals surface area contributed by atoms with Gasteiger partial charge in [-0.2, -0.15) is 0 Å². The maximum atomic E-state index is 15.3. The van der Waals surface area contributed by atoms with Crippen molar-refractivity contribution in [2.45, 2.75) is 0 Å². The fourth-order valence-corrected chi connectivity index (χ4v) is 6.81. The Kier molecular flexibility index (Phi) is 7.47. The maximum absolute atomic E-state index is 15.3. The number of hydrogen-bond donors (Lipinski definition) is 0. The third-order valence-electron chi connectivity index (χ3n) is 9.21. The summed E-state index contributed by atoms with van der Waals surface area (Å²) < 4.78 is 32.8. The molecule has 0 N–H and O–H groups in total. The van der Waals surface area contributed by atoms with E-state index in [0.717, 1.165) is 49.7 Å². The summed E-state index contributed by atoms with van der Waals surface area (Å²) in [5.41, 5.74) is 7.45. The van der Waals surface area contributed by atoms with Crippen molar-refractivity contribution < 1.29 is 8.78 Å². The average molecular weight is 663 g/mol. The predicted octanol–water partition coefficient (Wildman–Crippen LogP) is 11.6. The molecule has 0 saturated carbocycles. The van der Waals surface area contributed by atoms with Crippen LogP contribution in [0.3, 0.4) is 0 Å². The number of para-hydroxylation sites is 1. The van der Waals surface area contributed by atoms with Gasteiger partial charge in [-0.25, -0.2) is 23.7 Å². The normalized spacial score (nSPS) is 11.3. The maximum Gasteiger partial charge on any atom is 0.166 e. The molecule has 0 atom stereocenters. The van der Waals surface area contributed by atoms with Gasteiger partial charge in [-0.15, -0.1) is 0 Å². The van der Waals surface area contributed by atoms with Crippen LogP contribution in [0.25, 0.3) is 83.9 Å². The summed E-state index contributed by atoms with van der Waals surface area (Å²) in [5, 5.41) is 2.15. The standard InChI is InChI=1S/C45H28F2N4/c46-37-20-12-21-38(47)42(37)33-24-26-41(51-39-22-11-10-19-34(39)35-27-32(23-25-40(35)51)29-13-4-1-5-14-29)36(28-33)45-49-43(30-15-6-2-7-16-30)48-44(50-45)31-17-8-3-9-18-31/h1-28H. The number of fused-ring (bicyclic) bond motifs is 3. The molecule has 2 aromatic heterocycles. The summed E-state index contributed by atoms with van der Waals surface area (Å²) in [6, 6.07) is 53.9. The monoisotopic (exact) mass is 662 g/mol. The summed E-state index contributed by atoms with van der Waals surface area (Å²) in [4.78, 5) is 15.0. The van der Waals surface area contributed by atoms with Gasteiger partial charge in [0.25, 0.3) is 0 Å². The molecule has 0 aliphatic rings. The van der Waals surface area contributed by atoms with E-state index in [-0.39, 0.29) is 5.56 Å². The van der Waals surface area contributed by atoms with Gasteiger partial charge in [0.05, 0.1) is 22.3 Å². The van der Waals surface area contributed by atoms with Crippen LogP contribution in [0.2, 0.25) is 0 Å². The summed E-state index contributed by atoms with van der Waals surface area (Å²) >= 11 is 0. The molecular weight excluding hydrogens is 635 g/mol. The second kappa shape index (κ2) is 12.6. The van der Waals surface area contributed by atoms with Crippen LogP contribution in [0.15, 0.2) is 170 Å². The van der Waals surface area contributed by atoms with Gasteiger partial charge in [-0.3, -0.25) is 0 Å². The molecule has 0 aliphatic heterocycles. The third kappa shape index (κ3) is 5.43. The minimum Gasteiger partial charge on any atom is -0.309 e. The Balaban J connectivity index is 1.36. The lowest BCUT2D eigenvalue weighted by atomic mass is 9.99. The zero-order valence-electron chi connectivity index (χ0n) is 27.2. The fourth-order valence-electron chi connectivity index (χ4n) is 6.81. The Morgan fingerprint density at radius 2 is 0.902 bits per heavy atom. The molecule has 0 spiro atoms. The first-order valence-electron chi connectivity index (χ1n) is 16.7. The molecule has 0 unspecified atom stereocenters. The van der Waals surface area contributed by atoms with Crippen LogP contribution in [-0.4, -0.2) is 19.5 Å². The molecule has 7 aromatic carbocycles. The predicted molar refractivity (Wildman–Crippen MR) is 201 cm³/mol. The molecule has 0 saturated heterocycles. The number of aromatic nitrogens is 4. The largest absolute Gasteiger partial charge is 0.309 e. The molecule has 0 bridgehead atoms. The highest BCUT2D eigenvalue weighted by Gasteiger charge is 2.22. The van der Waals surface area contributed by atoms with E-state index in [1.807, 2.05) is 97.1 Å². The Bertz CT molecular complexity index is 2630. The van der Waals surface area contributed by atoms with Crippen LogP contribution >= 0.6 is 0 Å². The van der Waals surface area contributed by atoms with E-state index < -0.39 is 11.6 Å². The van der Waals surface area contributed by atoms with Crippen LogP contribution in [0, 0.1) is 11.6 Å². The molecule has 0 aliphatic carbocycles. The minimum atomic E-state index is -0.649. The van der Waals surface area contributed by atoms with Gasteiger partial charge in [-0.05, 0) is 59.2 Å². The lowest BCUT2D eigenvalue weighted by Crippen LogP contribution is -2.04. The highest BCUT2D eigenvalue weighted by molar-refractivity contribution is 6.11. The van der Waals surface area contributed by atoms with Crippen molar-refractivity contribution in [3.63, 3.8) is 0 Å². The molecule has 0 radical (unpaired) electrons. The topological polar surface area (TPSA) is 43.6 Å². The van der Waals surface area contributed by atoms with E-state index in [2.05, 4.69) is 47.0 Å². The number of hydrogen-bond acceptors (Lipinski definition) is 3. The molecule has 242 valence electrons. The Morgan fingerprint density at radius 3 is 1.55 bits per heavy atom. The second-order valence-electron chi connectivity index (χ2n) is 12.3. The smallest absolute Gasteiger partial charge is 0.166 e. The molecule has 2 heterocycles. The highest BCUT2D eigenvalue weighted by Crippen LogP contribution is 2.40. The molecule has 0 fully saturated rings. The Labute approximate surface area is 293 Å². The quantitative estimate of drug-likeness (QED) is 0.178. The van der Waals surface area contributed by atoms with Crippen LogP contribution < -0.4 is 0 Å². The SMILES string of the molecule is Fc1cccc(F)c1-c1ccc(-n2c3ccccc3c3cc(-c4ccccc4)ccc32)c(-c2nc(-c3ccccc3)nc(-c3ccccc3)n2)c1. The van der Waals surface area contributed by atoms with Gasteiger partial charge in [-0.1, -0.05) is 127 Å². The highest BCUT2D eigenvalue weighted by atomic mass is 19.1.